The standard InChI is InChI=1S/C14H15BrN2/c1-16-13(10-11-6-3-2-4-7-11)14-12(15)8-5-9-17-14/h2-9,13,16H,10H2,1H3. The fourth-order valence-electron chi connectivity index (χ4n) is 1.84. The topological polar surface area (TPSA) is 24.9 Å². The molecule has 1 unspecified atom stereocenters. The molecule has 0 aliphatic rings. The first-order chi connectivity index (χ1) is 8.31. The maximum Gasteiger partial charge on any atom is 0.0718 e. The summed E-state index contributed by atoms with van der Waals surface area (Å²) in [5.74, 6) is 0. The number of benzene rings is 1. The second-order valence-electron chi connectivity index (χ2n) is 3.90. The molecule has 0 saturated heterocycles. The number of rotatable bonds is 4. The minimum atomic E-state index is 0.230. The highest BCUT2D eigenvalue weighted by molar-refractivity contribution is 9.10. The van der Waals surface area contributed by atoms with E-state index in [0.29, 0.717) is 0 Å². The molecule has 1 aromatic heterocycles. The summed E-state index contributed by atoms with van der Waals surface area (Å²) in [5.41, 5.74) is 2.36. The summed E-state index contributed by atoms with van der Waals surface area (Å²) in [6.07, 6.45) is 2.77. The second kappa shape index (κ2) is 5.94. The molecule has 0 aliphatic carbocycles. The van der Waals surface area contributed by atoms with Gasteiger partial charge in [-0.05, 0) is 47.1 Å². The smallest absolute Gasteiger partial charge is 0.0718 e. The van der Waals surface area contributed by atoms with E-state index in [1.807, 2.05) is 31.4 Å². The normalized spacial score (nSPS) is 12.4. The van der Waals surface area contributed by atoms with E-state index in [-0.39, 0.29) is 6.04 Å². The number of nitrogens with one attached hydrogen (secondary N) is 1. The summed E-state index contributed by atoms with van der Waals surface area (Å²) in [6.45, 7) is 0. The third-order valence-electron chi connectivity index (χ3n) is 2.75. The third-order valence-corrected chi connectivity index (χ3v) is 3.42. The quantitative estimate of drug-likeness (QED) is 0.934. The lowest BCUT2D eigenvalue weighted by Gasteiger charge is -2.17. The van der Waals surface area contributed by atoms with Crippen molar-refractivity contribution in [3.8, 4) is 0 Å². The molecular weight excluding hydrogens is 276 g/mol. The molecule has 2 nitrogen and oxygen atoms in total. The Bertz CT molecular complexity index is 471. The molecule has 1 atom stereocenters. The molecule has 0 amide bonds. The van der Waals surface area contributed by atoms with Gasteiger partial charge in [0.1, 0.15) is 0 Å². The van der Waals surface area contributed by atoms with Crippen LogP contribution in [0.15, 0.2) is 53.1 Å². The molecule has 1 N–H and O–H groups in total. The van der Waals surface area contributed by atoms with Crippen molar-refractivity contribution in [2.45, 2.75) is 12.5 Å². The van der Waals surface area contributed by atoms with Crippen molar-refractivity contribution in [2.75, 3.05) is 7.05 Å². The minimum Gasteiger partial charge on any atom is -0.311 e. The lowest BCUT2D eigenvalue weighted by molar-refractivity contribution is 0.573. The van der Waals surface area contributed by atoms with Crippen LogP contribution in [0.1, 0.15) is 17.3 Å². The van der Waals surface area contributed by atoms with E-state index in [4.69, 9.17) is 0 Å². The zero-order chi connectivity index (χ0) is 12.1. The van der Waals surface area contributed by atoms with Crippen LogP contribution in [0.25, 0.3) is 0 Å². The van der Waals surface area contributed by atoms with Crippen LogP contribution in [0.2, 0.25) is 0 Å². The van der Waals surface area contributed by atoms with Gasteiger partial charge in [-0.1, -0.05) is 30.3 Å². The molecule has 0 aliphatic heterocycles. The molecular formula is C14H15BrN2. The van der Waals surface area contributed by atoms with Crippen molar-refractivity contribution < 1.29 is 0 Å². The van der Waals surface area contributed by atoms with Crippen LogP contribution in [0.4, 0.5) is 0 Å². The van der Waals surface area contributed by atoms with Crippen LogP contribution in [0.3, 0.4) is 0 Å². The van der Waals surface area contributed by atoms with Gasteiger partial charge in [0.25, 0.3) is 0 Å². The van der Waals surface area contributed by atoms with Gasteiger partial charge >= 0.3 is 0 Å². The van der Waals surface area contributed by atoms with Crippen molar-refractivity contribution in [2.24, 2.45) is 0 Å². The van der Waals surface area contributed by atoms with Gasteiger partial charge in [0.15, 0.2) is 0 Å². The molecule has 0 fully saturated rings. The number of halogens is 1. The van der Waals surface area contributed by atoms with Gasteiger partial charge in [0, 0.05) is 10.7 Å². The number of hydrogen-bond donors (Lipinski definition) is 1. The SMILES string of the molecule is CNC(Cc1ccccc1)c1ncccc1Br. The highest BCUT2D eigenvalue weighted by Crippen LogP contribution is 2.23. The zero-order valence-corrected chi connectivity index (χ0v) is 11.3. The van der Waals surface area contributed by atoms with Crippen LogP contribution >= 0.6 is 15.9 Å². The summed E-state index contributed by atoms with van der Waals surface area (Å²) in [4.78, 5) is 4.44. The summed E-state index contributed by atoms with van der Waals surface area (Å²) in [5, 5.41) is 3.32. The van der Waals surface area contributed by atoms with E-state index < -0.39 is 0 Å². The van der Waals surface area contributed by atoms with E-state index in [0.717, 1.165) is 16.6 Å². The Balaban J connectivity index is 2.21. The Morgan fingerprint density at radius 3 is 2.59 bits per heavy atom. The average Bonchev–Trinajstić information content (AvgIpc) is 2.38. The summed E-state index contributed by atoms with van der Waals surface area (Å²) in [6, 6.07) is 14.6. The second-order valence-corrected chi connectivity index (χ2v) is 4.76. The molecule has 3 heteroatoms. The van der Waals surface area contributed by atoms with Gasteiger partial charge < -0.3 is 5.32 Å². The maximum absolute atomic E-state index is 4.44. The zero-order valence-electron chi connectivity index (χ0n) is 9.73. The summed E-state index contributed by atoms with van der Waals surface area (Å²) >= 11 is 3.55. The fourth-order valence-corrected chi connectivity index (χ4v) is 2.37. The number of aromatic nitrogens is 1. The average molecular weight is 291 g/mol. The Morgan fingerprint density at radius 2 is 1.94 bits per heavy atom. The Hall–Kier alpha value is -1.19. The molecule has 2 aromatic rings. The Morgan fingerprint density at radius 1 is 1.18 bits per heavy atom. The van der Waals surface area contributed by atoms with Crippen LogP contribution < -0.4 is 5.32 Å². The number of hydrogen-bond acceptors (Lipinski definition) is 2. The molecule has 2 rings (SSSR count). The van der Waals surface area contributed by atoms with Crippen LogP contribution in [0, 0.1) is 0 Å². The Kier molecular flexibility index (Phi) is 4.29. The van der Waals surface area contributed by atoms with Crippen LogP contribution in [0.5, 0.6) is 0 Å². The monoisotopic (exact) mass is 290 g/mol. The van der Waals surface area contributed by atoms with Gasteiger partial charge in [-0.25, -0.2) is 0 Å². The van der Waals surface area contributed by atoms with Crippen molar-refractivity contribution in [1.29, 1.82) is 0 Å². The molecule has 1 aromatic carbocycles. The summed E-state index contributed by atoms with van der Waals surface area (Å²) < 4.78 is 1.05. The van der Waals surface area contributed by atoms with Gasteiger partial charge in [0.2, 0.25) is 0 Å². The number of likely N-dealkylation sites (N-methyl/N-ethyl adjacent to an activating group) is 1. The van der Waals surface area contributed by atoms with Gasteiger partial charge in [-0.15, -0.1) is 0 Å². The maximum atomic E-state index is 4.44. The molecule has 17 heavy (non-hydrogen) atoms. The van der Waals surface area contributed by atoms with Gasteiger partial charge in [0.05, 0.1) is 11.7 Å². The predicted octanol–water partition coefficient (Wildman–Crippen LogP) is 3.35. The molecule has 0 spiro atoms. The van der Waals surface area contributed by atoms with Gasteiger partial charge in [-0.3, -0.25) is 4.98 Å². The van der Waals surface area contributed by atoms with Crippen molar-refractivity contribution in [1.82, 2.24) is 10.3 Å². The number of pyridine rings is 1. The van der Waals surface area contributed by atoms with E-state index >= 15 is 0 Å². The van der Waals surface area contributed by atoms with E-state index in [1.165, 1.54) is 5.56 Å². The predicted molar refractivity (Wildman–Crippen MR) is 73.9 cm³/mol. The summed E-state index contributed by atoms with van der Waals surface area (Å²) in [7, 11) is 1.97. The highest BCUT2D eigenvalue weighted by Gasteiger charge is 2.13. The number of nitrogens with zero attached hydrogens (tertiary/aromatic N) is 1. The fraction of sp³-hybridized carbons (Fsp3) is 0.214. The van der Waals surface area contributed by atoms with Gasteiger partial charge in [-0.2, -0.15) is 0 Å². The first-order valence-corrected chi connectivity index (χ1v) is 6.42. The third kappa shape index (κ3) is 3.14. The lowest BCUT2D eigenvalue weighted by Crippen LogP contribution is -2.20. The highest BCUT2D eigenvalue weighted by atomic mass is 79.9. The van der Waals surface area contributed by atoms with Crippen molar-refractivity contribution in [3.05, 3.63) is 64.4 Å². The van der Waals surface area contributed by atoms with Crippen molar-refractivity contribution >= 4 is 15.9 Å². The largest absolute Gasteiger partial charge is 0.311 e. The minimum absolute atomic E-state index is 0.230. The van der Waals surface area contributed by atoms with Crippen LogP contribution in [-0.2, 0) is 6.42 Å². The van der Waals surface area contributed by atoms with E-state index in [9.17, 15) is 0 Å². The lowest BCUT2D eigenvalue weighted by atomic mass is 10.0. The van der Waals surface area contributed by atoms with E-state index in [1.54, 1.807) is 0 Å². The van der Waals surface area contributed by atoms with E-state index in [2.05, 4.69) is 50.5 Å². The molecule has 0 saturated carbocycles. The molecule has 88 valence electrons. The first-order valence-electron chi connectivity index (χ1n) is 5.63. The van der Waals surface area contributed by atoms with Crippen LogP contribution in [-0.4, -0.2) is 12.0 Å². The molecule has 0 bridgehead atoms. The molecule has 0 radical (unpaired) electrons. The Labute approximate surface area is 110 Å². The molecule has 1 heterocycles. The first kappa shape index (κ1) is 12.3. The van der Waals surface area contributed by atoms with Crippen molar-refractivity contribution in [3.63, 3.8) is 0 Å².